The molecule has 2 unspecified atom stereocenters. The summed E-state index contributed by atoms with van der Waals surface area (Å²) >= 11 is 0. The Bertz CT molecular complexity index is 196. The Labute approximate surface area is 84.8 Å². The van der Waals surface area contributed by atoms with Crippen LogP contribution < -0.4 is 0 Å². The smallest absolute Gasteiger partial charge is 0.323 e. The van der Waals surface area contributed by atoms with E-state index in [-0.39, 0.29) is 6.61 Å². The van der Waals surface area contributed by atoms with Gasteiger partial charge in [-0.2, -0.15) is 0 Å². The second kappa shape index (κ2) is 5.32. The number of nitrogens with zero attached hydrogens (tertiary/aromatic N) is 1. The molecule has 0 bridgehead atoms. The van der Waals surface area contributed by atoms with E-state index in [0.717, 1.165) is 25.8 Å². The molecule has 1 aliphatic heterocycles. The molecule has 1 rings (SSSR count). The highest BCUT2D eigenvalue weighted by Crippen LogP contribution is 2.22. The van der Waals surface area contributed by atoms with Gasteiger partial charge in [0.15, 0.2) is 0 Å². The first-order chi connectivity index (χ1) is 6.70. The first kappa shape index (κ1) is 11.5. The first-order valence-corrected chi connectivity index (χ1v) is 5.18. The third-order valence-electron chi connectivity index (χ3n) is 2.90. The number of carboxylic acid groups (broad SMARTS) is 1. The number of hydrogen-bond acceptors (Lipinski definition) is 3. The van der Waals surface area contributed by atoms with Crippen LogP contribution in [0.15, 0.2) is 0 Å². The van der Waals surface area contributed by atoms with E-state index in [2.05, 4.69) is 11.8 Å². The first-order valence-electron chi connectivity index (χ1n) is 5.18. The van der Waals surface area contributed by atoms with Crippen molar-refractivity contribution in [3.05, 3.63) is 0 Å². The quantitative estimate of drug-likeness (QED) is 0.719. The molecule has 0 aliphatic carbocycles. The van der Waals surface area contributed by atoms with E-state index in [0.29, 0.717) is 6.04 Å². The number of likely N-dealkylation sites (tertiary alicyclic amines) is 1. The van der Waals surface area contributed by atoms with Gasteiger partial charge in [-0.15, -0.1) is 0 Å². The van der Waals surface area contributed by atoms with Crippen molar-refractivity contribution in [2.24, 2.45) is 0 Å². The molecule has 1 saturated heterocycles. The van der Waals surface area contributed by atoms with Crippen LogP contribution in [-0.2, 0) is 9.53 Å². The average molecular weight is 201 g/mol. The zero-order valence-corrected chi connectivity index (χ0v) is 8.90. The van der Waals surface area contributed by atoms with Crippen LogP contribution in [0, 0.1) is 0 Å². The number of hydrogen-bond donors (Lipinski definition) is 1. The van der Waals surface area contributed by atoms with Crippen molar-refractivity contribution in [1.29, 1.82) is 0 Å². The maximum Gasteiger partial charge on any atom is 0.323 e. The Balaban J connectivity index is 2.61. The SMILES string of the molecule is CCC1CCCN1C(COC)C(=O)O. The fraction of sp³-hybridized carbons (Fsp3) is 0.900. The minimum absolute atomic E-state index is 0.284. The van der Waals surface area contributed by atoms with E-state index in [9.17, 15) is 4.79 Å². The van der Waals surface area contributed by atoms with E-state index in [1.807, 2.05) is 0 Å². The van der Waals surface area contributed by atoms with Gasteiger partial charge in [-0.3, -0.25) is 9.69 Å². The van der Waals surface area contributed by atoms with Gasteiger partial charge in [0.25, 0.3) is 0 Å². The van der Waals surface area contributed by atoms with Crippen molar-refractivity contribution in [3.8, 4) is 0 Å². The summed E-state index contributed by atoms with van der Waals surface area (Å²) in [4.78, 5) is 13.1. The number of aliphatic carboxylic acids is 1. The largest absolute Gasteiger partial charge is 0.480 e. The van der Waals surface area contributed by atoms with Crippen LogP contribution in [0.25, 0.3) is 0 Å². The molecule has 14 heavy (non-hydrogen) atoms. The van der Waals surface area contributed by atoms with Gasteiger partial charge in [0.2, 0.25) is 0 Å². The molecular weight excluding hydrogens is 182 g/mol. The van der Waals surface area contributed by atoms with Crippen LogP contribution in [0.2, 0.25) is 0 Å². The van der Waals surface area contributed by atoms with Crippen LogP contribution in [0.4, 0.5) is 0 Å². The molecular formula is C10H19NO3. The summed E-state index contributed by atoms with van der Waals surface area (Å²) in [6.45, 7) is 3.28. The molecule has 2 atom stereocenters. The Kier molecular flexibility index (Phi) is 4.35. The molecule has 4 nitrogen and oxygen atoms in total. The topological polar surface area (TPSA) is 49.8 Å². The van der Waals surface area contributed by atoms with Crippen LogP contribution in [0.1, 0.15) is 26.2 Å². The number of carboxylic acids is 1. The van der Waals surface area contributed by atoms with Crippen molar-refractivity contribution in [2.75, 3.05) is 20.3 Å². The Morgan fingerprint density at radius 2 is 2.43 bits per heavy atom. The zero-order valence-electron chi connectivity index (χ0n) is 8.90. The molecule has 1 fully saturated rings. The second-order valence-corrected chi connectivity index (χ2v) is 3.75. The lowest BCUT2D eigenvalue weighted by atomic mass is 10.1. The molecule has 0 amide bonds. The van der Waals surface area contributed by atoms with Gasteiger partial charge >= 0.3 is 5.97 Å². The van der Waals surface area contributed by atoms with E-state index < -0.39 is 12.0 Å². The highest BCUT2D eigenvalue weighted by atomic mass is 16.5. The maximum absolute atomic E-state index is 11.0. The van der Waals surface area contributed by atoms with E-state index in [4.69, 9.17) is 9.84 Å². The molecule has 1 heterocycles. The fourth-order valence-corrected chi connectivity index (χ4v) is 2.17. The molecule has 0 aromatic carbocycles. The summed E-state index contributed by atoms with van der Waals surface area (Å²) in [5.41, 5.74) is 0. The monoisotopic (exact) mass is 201 g/mol. The number of methoxy groups -OCH3 is 1. The molecule has 1 aliphatic rings. The standard InChI is InChI=1S/C10H19NO3/c1-3-8-5-4-6-11(8)9(7-14-2)10(12)13/h8-9H,3-7H2,1-2H3,(H,12,13). The van der Waals surface area contributed by atoms with E-state index >= 15 is 0 Å². The molecule has 0 radical (unpaired) electrons. The summed E-state index contributed by atoms with van der Waals surface area (Å²) in [7, 11) is 1.55. The van der Waals surface area contributed by atoms with Crippen LogP contribution in [0.3, 0.4) is 0 Å². The summed E-state index contributed by atoms with van der Waals surface area (Å²) in [5.74, 6) is -0.771. The highest BCUT2D eigenvalue weighted by Gasteiger charge is 2.33. The lowest BCUT2D eigenvalue weighted by Crippen LogP contribution is -2.46. The van der Waals surface area contributed by atoms with Crippen molar-refractivity contribution in [1.82, 2.24) is 4.90 Å². The Morgan fingerprint density at radius 1 is 1.71 bits per heavy atom. The summed E-state index contributed by atoms with van der Waals surface area (Å²) in [6.07, 6.45) is 3.24. The van der Waals surface area contributed by atoms with Crippen molar-refractivity contribution >= 4 is 5.97 Å². The van der Waals surface area contributed by atoms with E-state index in [1.165, 1.54) is 0 Å². The van der Waals surface area contributed by atoms with Crippen molar-refractivity contribution in [2.45, 2.75) is 38.3 Å². The predicted molar refractivity (Wildman–Crippen MR) is 53.3 cm³/mol. The molecule has 4 heteroatoms. The number of carbonyl (C=O) groups is 1. The Morgan fingerprint density at radius 3 is 2.93 bits per heavy atom. The number of rotatable bonds is 5. The van der Waals surface area contributed by atoms with Gasteiger partial charge < -0.3 is 9.84 Å². The molecule has 0 spiro atoms. The van der Waals surface area contributed by atoms with Gasteiger partial charge in [-0.1, -0.05) is 6.92 Å². The minimum atomic E-state index is -0.771. The van der Waals surface area contributed by atoms with Gasteiger partial charge in [-0.25, -0.2) is 0 Å². The van der Waals surface area contributed by atoms with Crippen LogP contribution >= 0.6 is 0 Å². The maximum atomic E-state index is 11.0. The van der Waals surface area contributed by atoms with Crippen molar-refractivity contribution < 1.29 is 14.6 Å². The Hall–Kier alpha value is -0.610. The molecule has 0 aromatic heterocycles. The highest BCUT2D eigenvalue weighted by molar-refractivity contribution is 5.73. The van der Waals surface area contributed by atoms with Gasteiger partial charge in [0, 0.05) is 13.2 Å². The van der Waals surface area contributed by atoms with Crippen LogP contribution in [-0.4, -0.2) is 48.3 Å². The zero-order chi connectivity index (χ0) is 10.6. The minimum Gasteiger partial charge on any atom is -0.480 e. The molecule has 1 N–H and O–H groups in total. The summed E-state index contributed by atoms with van der Waals surface area (Å²) < 4.78 is 4.95. The molecule has 0 saturated carbocycles. The van der Waals surface area contributed by atoms with Crippen molar-refractivity contribution in [3.63, 3.8) is 0 Å². The number of ether oxygens (including phenoxy) is 1. The normalized spacial score (nSPS) is 25.1. The molecule has 82 valence electrons. The second-order valence-electron chi connectivity index (χ2n) is 3.75. The lowest BCUT2D eigenvalue weighted by molar-refractivity contribution is -0.145. The summed E-state index contributed by atoms with van der Waals surface area (Å²) in [5, 5.41) is 9.06. The summed E-state index contributed by atoms with van der Waals surface area (Å²) in [6, 6.07) is -0.0429. The lowest BCUT2D eigenvalue weighted by Gasteiger charge is -2.29. The third-order valence-corrected chi connectivity index (χ3v) is 2.90. The van der Waals surface area contributed by atoms with E-state index in [1.54, 1.807) is 7.11 Å². The fourth-order valence-electron chi connectivity index (χ4n) is 2.17. The van der Waals surface area contributed by atoms with Crippen LogP contribution in [0.5, 0.6) is 0 Å². The van der Waals surface area contributed by atoms with Gasteiger partial charge in [0.05, 0.1) is 6.61 Å². The molecule has 0 aromatic rings. The third kappa shape index (κ3) is 2.45. The van der Waals surface area contributed by atoms with Gasteiger partial charge in [0.1, 0.15) is 6.04 Å². The van der Waals surface area contributed by atoms with Gasteiger partial charge in [-0.05, 0) is 25.8 Å². The predicted octanol–water partition coefficient (Wildman–Crippen LogP) is 0.960. The average Bonchev–Trinajstić information content (AvgIpc) is 2.61.